The maximum absolute atomic E-state index is 12.2. The summed E-state index contributed by atoms with van der Waals surface area (Å²) in [7, 11) is 1.60. The molecular weight excluding hydrogens is 284 g/mol. The number of fused-ring (bicyclic) bond motifs is 1. The van der Waals surface area contributed by atoms with Gasteiger partial charge in [0.25, 0.3) is 0 Å². The third-order valence-corrected chi connectivity index (χ3v) is 4.05. The number of hydrogen-bond acceptors (Lipinski definition) is 2. The molecule has 0 aliphatic carbocycles. The topological polar surface area (TPSA) is 40.5 Å². The molecule has 2 rings (SSSR count). The number of hydrogen-bond donors (Lipinski definition) is 1. The number of nitrogens with zero attached hydrogens (tertiary/aromatic N) is 1. The monoisotopic (exact) mass is 293 g/mol. The highest BCUT2D eigenvalue weighted by Gasteiger charge is 2.50. The Bertz CT molecular complexity index is 486. The largest absolute Gasteiger partial charge is 0.395 e. The number of likely N-dealkylation sites (N-methyl/N-ethyl adjacent to an activating group) is 1. The Kier molecular flexibility index (Phi) is 3.29. The second-order valence-electron chi connectivity index (χ2n) is 4.02. The fourth-order valence-electron chi connectivity index (χ4n) is 2.13. The second kappa shape index (κ2) is 4.32. The van der Waals surface area contributed by atoms with Crippen molar-refractivity contribution < 1.29 is 9.90 Å². The van der Waals surface area contributed by atoms with Gasteiger partial charge >= 0.3 is 0 Å². The molecule has 1 N–H and O–H groups in total. The van der Waals surface area contributed by atoms with Crippen LogP contribution in [0.25, 0.3) is 0 Å². The van der Waals surface area contributed by atoms with Gasteiger partial charge in [-0.15, -0.1) is 11.6 Å². The SMILES string of the molecule is CN1C(=O)C(CO)(CCl)c2cc(Cl)cc(Cl)c21. The number of carbonyl (C=O) groups is 1. The number of amides is 1. The Balaban J connectivity index is 2.76. The van der Waals surface area contributed by atoms with E-state index in [1.165, 1.54) is 4.90 Å². The van der Waals surface area contributed by atoms with Crippen molar-refractivity contribution in [2.24, 2.45) is 0 Å². The molecule has 92 valence electrons. The van der Waals surface area contributed by atoms with Crippen LogP contribution in [0.1, 0.15) is 5.56 Å². The number of anilines is 1. The molecule has 1 aliphatic rings. The number of aliphatic hydroxyl groups excluding tert-OH is 1. The van der Waals surface area contributed by atoms with Crippen LogP contribution in [0.4, 0.5) is 5.69 Å². The van der Waals surface area contributed by atoms with Crippen LogP contribution in [0.2, 0.25) is 10.0 Å². The smallest absolute Gasteiger partial charge is 0.241 e. The fourth-order valence-corrected chi connectivity index (χ4v) is 3.10. The first-order valence-corrected chi connectivity index (χ1v) is 6.21. The van der Waals surface area contributed by atoms with Gasteiger partial charge in [-0.3, -0.25) is 4.79 Å². The third-order valence-electron chi connectivity index (χ3n) is 3.09. The van der Waals surface area contributed by atoms with Crippen LogP contribution in [0.5, 0.6) is 0 Å². The zero-order valence-electron chi connectivity index (χ0n) is 9.01. The van der Waals surface area contributed by atoms with E-state index in [0.29, 0.717) is 21.3 Å². The molecule has 1 unspecified atom stereocenters. The fraction of sp³-hybridized carbons (Fsp3) is 0.364. The Labute approximate surface area is 114 Å². The molecule has 1 aliphatic heterocycles. The number of rotatable bonds is 2. The van der Waals surface area contributed by atoms with E-state index in [0.717, 1.165) is 0 Å². The molecule has 1 heterocycles. The van der Waals surface area contributed by atoms with Crippen molar-refractivity contribution in [2.45, 2.75) is 5.41 Å². The first kappa shape index (κ1) is 13.0. The van der Waals surface area contributed by atoms with Crippen molar-refractivity contribution in [1.29, 1.82) is 0 Å². The van der Waals surface area contributed by atoms with Gasteiger partial charge in [-0.1, -0.05) is 23.2 Å². The highest BCUT2D eigenvalue weighted by Crippen LogP contribution is 2.46. The van der Waals surface area contributed by atoms with Crippen LogP contribution >= 0.6 is 34.8 Å². The van der Waals surface area contributed by atoms with Crippen LogP contribution in [-0.4, -0.2) is 30.5 Å². The molecule has 0 spiro atoms. The molecule has 6 heteroatoms. The lowest BCUT2D eigenvalue weighted by Crippen LogP contribution is -2.43. The summed E-state index contributed by atoms with van der Waals surface area (Å²) >= 11 is 17.9. The van der Waals surface area contributed by atoms with Crippen molar-refractivity contribution in [1.82, 2.24) is 0 Å². The molecule has 0 fully saturated rings. The second-order valence-corrected chi connectivity index (χ2v) is 5.13. The molecule has 0 bridgehead atoms. The van der Waals surface area contributed by atoms with E-state index in [2.05, 4.69) is 0 Å². The Morgan fingerprint density at radius 3 is 2.59 bits per heavy atom. The van der Waals surface area contributed by atoms with Crippen LogP contribution in [0, 0.1) is 0 Å². The van der Waals surface area contributed by atoms with E-state index >= 15 is 0 Å². The first-order chi connectivity index (χ1) is 7.97. The molecule has 0 radical (unpaired) electrons. The lowest BCUT2D eigenvalue weighted by Gasteiger charge is -2.22. The van der Waals surface area contributed by atoms with Crippen LogP contribution in [-0.2, 0) is 10.2 Å². The van der Waals surface area contributed by atoms with Gasteiger partial charge in [0.2, 0.25) is 5.91 Å². The van der Waals surface area contributed by atoms with Gasteiger partial charge in [-0.05, 0) is 17.7 Å². The number of carbonyl (C=O) groups excluding carboxylic acids is 1. The van der Waals surface area contributed by atoms with E-state index < -0.39 is 5.41 Å². The van der Waals surface area contributed by atoms with Gasteiger partial charge in [0.05, 0.1) is 17.3 Å². The minimum Gasteiger partial charge on any atom is -0.395 e. The summed E-state index contributed by atoms with van der Waals surface area (Å²) in [5.41, 5.74) is 0.0101. The predicted octanol–water partition coefficient (Wildman–Crippen LogP) is 2.44. The summed E-state index contributed by atoms with van der Waals surface area (Å²) in [6.45, 7) is -0.372. The van der Waals surface area contributed by atoms with E-state index in [1.54, 1.807) is 19.2 Å². The minimum absolute atomic E-state index is 0.0175. The van der Waals surface area contributed by atoms with Gasteiger partial charge in [0, 0.05) is 18.0 Å². The number of benzene rings is 1. The standard InChI is InChI=1S/C11H10Cl3NO2/c1-15-9-7(2-6(13)3-8(9)14)11(4-12,5-16)10(15)17/h2-3,16H,4-5H2,1H3. The maximum Gasteiger partial charge on any atom is 0.241 e. The van der Waals surface area contributed by atoms with Gasteiger partial charge in [-0.25, -0.2) is 0 Å². The van der Waals surface area contributed by atoms with Gasteiger partial charge in [-0.2, -0.15) is 0 Å². The lowest BCUT2D eigenvalue weighted by molar-refractivity contribution is -0.123. The van der Waals surface area contributed by atoms with Crippen molar-refractivity contribution in [3.63, 3.8) is 0 Å². The number of aliphatic hydroxyl groups is 1. The van der Waals surface area contributed by atoms with E-state index in [4.69, 9.17) is 34.8 Å². The summed E-state index contributed by atoms with van der Waals surface area (Å²) < 4.78 is 0. The van der Waals surface area contributed by atoms with E-state index in [9.17, 15) is 9.90 Å². The van der Waals surface area contributed by atoms with Gasteiger partial charge in [0.15, 0.2) is 0 Å². The molecule has 3 nitrogen and oxygen atoms in total. The van der Waals surface area contributed by atoms with Crippen molar-refractivity contribution in [3.05, 3.63) is 27.7 Å². The molecule has 1 atom stereocenters. The molecule has 1 aromatic carbocycles. The number of alkyl halides is 1. The quantitative estimate of drug-likeness (QED) is 0.851. The van der Waals surface area contributed by atoms with E-state index in [-0.39, 0.29) is 18.4 Å². The Morgan fingerprint density at radius 1 is 1.41 bits per heavy atom. The summed E-state index contributed by atoms with van der Waals surface area (Å²) in [5.74, 6) is -0.287. The van der Waals surface area contributed by atoms with Crippen LogP contribution in [0.15, 0.2) is 12.1 Å². The maximum atomic E-state index is 12.2. The molecule has 1 aromatic rings. The highest BCUT2D eigenvalue weighted by atomic mass is 35.5. The highest BCUT2D eigenvalue weighted by molar-refractivity contribution is 6.38. The first-order valence-electron chi connectivity index (χ1n) is 4.92. The third kappa shape index (κ3) is 1.65. The average Bonchev–Trinajstić information content (AvgIpc) is 2.49. The summed E-state index contributed by atoms with van der Waals surface area (Å²) in [6.07, 6.45) is 0. The van der Waals surface area contributed by atoms with Crippen molar-refractivity contribution >= 4 is 46.4 Å². The minimum atomic E-state index is -1.14. The molecule has 0 aromatic heterocycles. The Morgan fingerprint density at radius 2 is 2.06 bits per heavy atom. The van der Waals surface area contributed by atoms with Crippen molar-refractivity contribution in [2.75, 3.05) is 24.4 Å². The zero-order chi connectivity index (χ0) is 12.8. The van der Waals surface area contributed by atoms with Crippen molar-refractivity contribution in [3.8, 4) is 0 Å². The summed E-state index contributed by atoms with van der Waals surface area (Å²) in [5, 5.41) is 10.3. The summed E-state index contributed by atoms with van der Waals surface area (Å²) in [4.78, 5) is 13.6. The van der Waals surface area contributed by atoms with Gasteiger partial charge in [0.1, 0.15) is 5.41 Å². The Hall–Kier alpha value is -0.480. The lowest BCUT2D eigenvalue weighted by atomic mass is 9.84. The normalized spacial score (nSPS) is 23.1. The average molecular weight is 295 g/mol. The van der Waals surface area contributed by atoms with Crippen LogP contribution < -0.4 is 4.90 Å². The molecule has 17 heavy (non-hydrogen) atoms. The molecule has 0 saturated carbocycles. The van der Waals surface area contributed by atoms with Crippen LogP contribution in [0.3, 0.4) is 0 Å². The summed E-state index contributed by atoms with van der Waals surface area (Å²) in [6, 6.07) is 3.19. The molecular formula is C11H10Cl3NO2. The number of halogens is 3. The van der Waals surface area contributed by atoms with E-state index in [1.807, 2.05) is 0 Å². The molecule has 1 amide bonds. The van der Waals surface area contributed by atoms with Gasteiger partial charge < -0.3 is 10.0 Å². The molecule has 0 saturated heterocycles. The zero-order valence-corrected chi connectivity index (χ0v) is 11.3. The predicted molar refractivity (Wildman–Crippen MR) is 69.4 cm³/mol.